The van der Waals surface area contributed by atoms with E-state index in [4.69, 9.17) is 16.8 Å². The smallest absolute Gasteiger partial charge is 0.295 e. The maximum Gasteiger partial charge on any atom is 0.295 e. The molecule has 84 valence electrons. The Hall–Kier alpha value is -1.59. The SMILES string of the molecule is O=C1/C(=N\O)CC(c2ccc(Cl)cc2)N1O. The summed E-state index contributed by atoms with van der Waals surface area (Å²) in [6, 6.07) is 6.25. The number of nitrogens with zero attached hydrogens (tertiary/aromatic N) is 2. The molecule has 1 aliphatic heterocycles. The van der Waals surface area contributed by atoms with Crippen LogP contribution in [0.1, 0.15) is 18.0 Å². The molecule has 1 fully saturated rings. The summed E-state index contributed by atoms with van der Waals surface area (Å²) in [5.41, 5.74) is 0.682. The summed E-state index contributed by atoms with van der Waals surface area (Å²) in [5, 5.41) is 22.1. The third-order valence-electron chi connectivity index (χ3n) is 2.51. The molecule has 0 bridgehead atoms. The lowest BCUT2D eigenvalue weighted by Crippen LogP contribution is -2.25. The first-order valence-corrected chi connectivity index (χ1v) is 5.00. The Morgan fingerprint density at radius 1 is 1.38 bits per heavy atom. The zero-order valence-corrected chi connectivity index (χ0v) is 8.92. The molecule has 1 amide bonds. The number of carbonyl (C=O) groups is 1. The van der Waals surface area contributed by atoms with Crippen LogP contribution in [0.15, 0.2) is 29.4 Å². The van der Waals surface area contributed by atoms with Crippen LogP contribution in [0.25, 0.3) is 0 Å². The minimum absolute atomic E-state index is 0.0533. The fraction of sp³-hybridized carbons (Fsp3) is 0.200. The van der Waals surface area contributed by atoms with Crippen molar-refractivity contribution in [2.45, 2.75) is 12.5 Å². The highest BCUT2D eigenvalue weighted by molar-refractivity contribution is 6.40. The number of benzene rings is 1. The maximum atomic E-state index is 11.3. The molecule has 1 saturated heterocycles. The van der Waals surface area contributed by atoms with Crippen molar-refractivity contribution in [3.05, 3.63) is 34.9 Å². The van der Waals surface area contributed by atoms with E-state index in [1.54, 1.807) is 24.3 Å². The second-order valence-corrected chi connectivity index (χ2v) is 3.90. The molecule has 2 N–H and O–H groups in total. The van der Waals surface area contributed by atoms with Crippen molar-refractivity contribution in [1.82, 2.24) is 5.06 Å². The van der Waals surface area contributed by atoms with Crippen LogP contribution >= 0.6 is 11.6 Å². The summed E-state index contributed by atoms with van der Waals surface area (Å²) in [6.07, 6.45) is 0.174. The number of hydroxylamine groups is 2. The molecule has 1 atom stereocenters. The molecule has 1 aromatic carbocycles. The number of hydrogen-bond acceptors (Lipinski definition) is 4. The van der Waals surface area contributed by atoms with Gasteiger partial charge in [-0.2, -0.15) is 0 Å². The van der Waals surface area contributed by atoms with Gasteiger partial charge >= 0.3 is 0 Å². The summed E-state index contributed by atoms with van der Waals surface area (Å²) in [6.45, 7) is 0. The third-order valence-corrected chi connectivity index (χ3v) is 2.76. The van der Waals surface area contributed by atoms with Crippen LogP contribution in [0.2, 0.25) is 5.02 Å². The lowest BCUT2D eigenvalue weighted by atomic mass is 10.1. The maximum absolute atomic E-state index is 11.3. The average molecular weight is 241 g/mol. The summed E-state index contributed by atoms with van der Waals surface area (Å²) in [5.74, 6) is -0.678. The van der Waals surface area contributed by atoms with Crippen molar-refractivity contribution >= 4 is 23.2 Å². The number of amides is 1. The molecule has 0 radical (unpaired) electrons. The van der Waals surface area contributed by atoms with Gasteiger partial charge in [-0.25, -0.2) is 5.06 Å². The lowest BCUT2D eigenvalue weighted by molar-refractivity contribution is -0.162. The van der Waals surface area contributed by atoms with Gasteiger partial charge in [0.25, 0.3) is 5.91 Å². The standard InChI is InChI=1S/C10H9ClN2O3/c11-7-3-1-6(2-4-7)9-5-8(12-15)10(14)13(9)16/h1-4,9,15-16H,5H2/b12-8-. The largest absolute Gasteiger partial charge is 0.410 e. The van der Waals surface area contributed by atoms with Gasteiger partial charge in [-0.05, 0) is 17.7 Å². The number of hydrogen-bond donors (Lipinski definition) is 2. The summed E-state index contributed by atoms with van der Waals surface area (Å²) < 4.78 is 0. The second-order valence-electron chi connectivity index (χ2n) is 3.47. The van der Waals surface area contributed by atoms with E-state index in [-0.39, 0.29) is 12.1 Å². The molecule has 1 aromatic rings. The Kier molecular flexibility index (Phi) is 2.80. The van der Waals surface area contributed by atoms with Crippen LogP contribution in [0.3, 0.4) is 0 Å². The minimum atomic E-state index is -0.678. The number of oxime groups is 1. The van der Waals surface area contributed by atoms with Gasteiger partial charge < -0.3 is 5.21 Å². The molecule has 0 spiro atoms. The highest BCUT2D eigenvalue weighted by Gasteiger charge is 2.37. The predicted octanol–water partition coefficient (Wildman–Crippen LogP) is 1.83. The van der Waals surface area contributed by atoms with Crippen LogP contribution in [-0.2, 0) is 4.79 Å². The van der Waals surface area contributed by atoms with Gasteiger partial charge in [-0.1, -0.05) is 28.9 Å². The van der Waals surface area contributed by atoms with E-state index in [9.17, 15) is 10.0 Å². The first-order valence-electron chi connectivity index (χ1n) is 4.62. The molecule has 5 nitrogen and oxygen atoms in total. The number of halogens is 1. The molecular formula is C10H9ClN2O3. The second kappa shape index (κ2) is 4.11. The number of carbonyl (C=O) groups excluding carboxylic acids is 1. The molecular weight excluding hydrogens is 232 g/mol. The molecule has 6 heteroatoms. The van der Waals surface area contributed by atoms with Crippen molar-refractivity contribution in [1.29, 1.82) is 0 Å². The fourth-order valence-corrected chi connectivity index (χ4v) is 1.78. The molecule has 0 aromatic heterocycles. The van der Waals surface area contributed by atoms with Gasteiger partial charge in [-0.3, -0.25) is 10.0 Å². The lowest BCUT2D eigenvalue weighted by Gasteiger charge is -2.16. The van der Waals surface area contributed by atoms with E-state index >= 15 is 0 Å². The molecule has 0 aliphatic carbocycles. The first kappa shape index (κ1) is 10.9. The zero-order chi connectivity index (χ0) is 11.7. The molecule has 1 heterocycles. The van der Waals surface area contributed by atoms with Gasteiger partial charge in [-0.15, -0.1) is 0 Å². The quantitative estimate of drug-likeness (QED) is 0.447. The first-order chi connectivity index (χ1) is 7.63. The third kappa shape index (κ3) is 1.75. The van der Waals surface area contributed by atoms with Crippen molar-refractivity contribution in [3.8, 4) is 0 Å². The Labute approximate surface area is 96.5 Å². The predicted molar refractivity (Wildman–Crippen MR) is 56.7 cm³/mol. The molecule has 1 unspecified atom stereocenters. The average Bonchev–Trinajstić information content (AvgIpc) is 2.57. The molecule has 2 rings (SSSR count). The highest BCUT2D eigenvalue weighted by atomic mass is 35.5. The van der Waals surface area contributed by atoms with Gasteiger partial charge in [0.05, 0.1) is 6.04 Å². The van der Waals surface area contributed by atoms with Gasteiger partial charge in [0.15, 0.2) is 0 Å². The van der Waals surface area contributed by atoms with Crippen molar-refractivity contribution in [2.75, 3.05) is 0 Å². The molecule has 0 saturated carbocycles. The van der Waals surface area contributed by atoms with E-state index in [0.29, 0.717) is 10.1 Å². The van der Waals surface area contributed by atoms with Gasteiger partial charge in [0, 0.05) is 11.4 Å². The monoisotopic (exact) mass is 240 g/mol. The Bertz CT molecular complexity index is 444. The minimum Gasteiger partial charge on any atom is -0.410 e. The highest BCUT2D eigenvalue weighted by Crippen LogP contribution is 2.30. The zero-order valence-electron chi connectivity index (χ0n) is 8.17. The summed E-state index contributed by atoms with van der Waals surface area (Å²) >= 11 is 5.73. The topological polar surface area (TPSA) is 73.1 Å². The molecule has 16 heavy (non-hydrogen) atoms. The van der Waals surface area contributed by atoms with E-state index in [2.05, 4.69) is 5.16 Å². The Balaban J connectivity index is 2.30. The van der Waals surface area contributed by atoms with Gasteiger partial charge in [0.2, 0.25) is 0 Å². The van der Waals surface area contributed by atoms with E-state index in [1.165, 1.54) is 0 Å². The van der Waals surface area contributed by atoms with E-state index < -0.39 is 11.9 Å². The van der Waals surface area contributed by atoms with Gasteiger partial charge in [0.1, 0.15) is 5.71 Å². The van der Waals surface area contributed by atoms with Crippen LogP contribution < -0.4 is 0 Å². The fourth-order valence-electron chi connectivity index (χ4n) is 1.66. The summed E-state index contributed by atoms with van der Waals surface area (Å²) in [4.78, 5) is 11.3. The summed E-state index contributed by atoms with van der Waals surface area (Å²) in [7, 11) is 0. The normalized spacial score (nSPS) is 23.1. The van der Waals surface area contributed by atoms with Crippen LogP contribution in [0.5, 0.6) is 0 Å². The van der Waals surface area contributed by atoms with Crippen LogP contribution in [0, 0.1) is 0 Å². The van der Waals surface area contributed by atoms with E-state index in [1.807, 2.05) is 0 Å². The van der Waals surface area contributed by atoms with Crippen LogP contribution in [0.4, 0.5) is 0 Å². The Morgan fingerprint density at radius 2 is 2.00 bits per heavy atom. The van der Waals surface area contributed by atoms with Crippen LogP contribution in [-0.4, -0.2) is 27.1 Å². The van der Waals surface area contributed by atoms with Crippen molar-refractivity contribution < 1.29 is 15.2 Å². The number of rotatable bonds is 1. The molecule has 1 aliphatic rings. The Morgan fingerprint density at radius 3 is 2.50 bits per heavy atom. The van der Waals surface area contributed by atoms with Crippen molar-refractivity contribution in [3.63, 3.8) is 0 Å². The van der Waals surface area contributed by atoms with E-state index in [0.717, 1.165) is 5.56 Å². The van der Waals surface area contributed by atoms with Crippen molar-refractivity contribution in [2.24, 2.45) is 5.16 Å².